The Morgan fingerprint density at radius 3 is 2.77 bits per heavy atom. The van der Waals surface area contributed by atoms with Crippen LogP contribution < -0.4 is 0 Å². The second kappa shape index (κ2) is 4.59. The maximum atomic E-state index is 10.6. The van der Waals surface area contributed by atoms with Gasteiger partial charge < -0.3 is 4.79 Å². The average Bonchev–Trinajstić information content (AvgIpc) is 2.08. The lowest BCUT2D eigenvalue weighted by molar-refractivity contribution is -0.109. The second-order valence-electron chi connectivity index (χ2n) is 4.50. The summed E-state index contributed by atoms with van der Waals surface area (Å²) < 4.78 is 0. The molecule has 1 rings (SSSR count). The summed E-state index contributed by atoms with van der Waals surface area (Å²) in [7, 11) is 0. The van der Waals surface area contributed by atoms with Crippen molar-refractivity contribution >= 4 is 6.29 Å². The van der Waals surface area contributed by atoms with Crippen LogP contribution in [0.2, 0.25) is 0 Å². The van der Waals surface area contributed by atoms with E-state index in [4.69, 9.17) is 0 Å². The fourth-order valence-electron chi connectivity index (χ4n) is 2.42. The van der Waals surface area contributed by atoms with E-state index in [1.165, 1.54) is 0 Å². The monoisotopic (exact) mass is 180 g/mol. The third kappa shape index (κ3) is 2.43. The average molecular weight is 180 g/mol. The Balaban J connectivity index is 2.70. The lowest BCUT2D eigenvalue weighted by Gasteiger charge is -2.34. The van der Waals surface area contributed by atoms with Gasteiger partial charge in [0.2, 0.25) is 0 Å². The summed E-state index contributed by atoms with van der Waals surface area (Å²) in [6.45, 7) is 6.74. The summed E-state index contributed by atoms with van der Waals surface area (Å²) in [6.07, 6.45) is 7.49. The van der Waals surface area contributed by atoms with E-state index in [0.29, 0.717) is 23.7 Å². The molecule has 74 valence electrons. The maximum absolute atomic E-state index is 10.6. The molecule has 0 aromatic carbocycles. The summed E-state index contributed by atoms with van der Waals surface area (Å²) in [5.74, 6) is 2.54. The molecule has 0 heterocycles. The van der Waals surface area contributed by atoms with Gasteiger partial charge in [0.25, 0.3) is 0 Å². The van der Waals surface area contributed by atoms with Gasteiger partial charge in [0.1, 0.15) is 6.29 Å². The zero-order valence-corrected chi connectivity index (χ0v) is 8.86. The molecule has 0 aromatic heterocycles. The molecule has 3 unspecified atom stereocenters. The van der Waals surface area contributed by atoms with Gasteiger partial charge in [-0.15, -0.1) is 0 Å². The standard InChI is InChI=1S/C12H20O/c1-9(2)11-6-4-5-10(3)12(11)7-8-13/h4-5,8-12H,6-7H2,1-3H3. The summed E-state index contributed by atoms with van der Waals surface area (Å²) in [4.78, 5) is 10.6. The van der Waals surface area contributed by atoms with Crippen molar-refractivity contribution in [1.82, 2.24) is 0 Å². The van der Waals surface area contributed by atoms with Gasteiger partial charge in [0.05, 0.1) is 0 Å². The highest BCUT2D eigenvalue weighted by molar-refractivity contribution is 5.50. The maximum Gasteiger partial charge on any atom is 0.120 e. The van der Waals surface area contributed by atoms with Gasteiger partial charge in [-0.1, -0.05) is 32.9 Å². The van der Waals surface area contributed by atoms with Crippen LogP contribution in [0.5, 0.6) is 0 Å². The summed E-state index contributed by atoms with van der Waals surface area (Å²) >= 11 is 0. The van der Waals surface area contributed by atoms with Gasteiger partial charge in [0.15, 0.2) is 0 Å². The molecule has 0 aromatic rings. The van der Waals surface area contributed by atoms with Crippen LogP contribution in [0.15, 0.2) is 12.2 Å². The molecule has 0 saturated heterocycles. The van der Waals surface area contributed by atoms with E-state index in [1.54, 1.807) is 0 Å². The smallest absolute Gasteiger partial charge is 0.120 e. The lowest BCUT2D eigenvalue weighted by Crippen LogP contribution is -2.27. The Labute approximate surface area is 81.2 Å². The van der Waals surface area contributed by atoms with Crippen LogP contribution in [-0.4, -0.2) is 6.29 Å². The molecule has 1 aliphatic carbocycles. The minimum atomic E-state index is 0.572. The van der Waals surface area contributed by atoms with Gasteiger partial charge >= 0.3 is 0 Å². The summed E-state index contributed by atoms with van der Waals surface area (Å²) in [6, 6.07) is 0. The predicted molar refractivity (Wildman–Crippen MR) is 55.4 cm³/mol. The fourth-order valence-corrected chi connectivity index (χ4v) is 2.42. The Bertz CT molecular complexity index is 193. The first-order chi connectivity index (χ1) is 6.16. The first-order valence-electron chi connectivity index (χ1n) is 5.27. The normalized spacial score (nSPS) is 33.7. The van der Waals surface area contributed by atoms with Crippen LogP contribution in [-0.2, 0) is 4.79 Å². The Morgan fingerprint density at radius 1 is 1.54 bits per heavy atom. The molecule has 1 aliphatic rings. The number of hydrogen-bond acceptors (Lipinski definition) is 1. The highest BCUT2D eigenvalue weighted by Gasteiger charge is 2.29. The molecular weight excluding hydrogens is 160 g/mol. The van der Waals surface area contributed by atoms with E-state index in [-0.39, 0.29) is 0 Å². The topological polar surface area (TPSA) is 17.1 Å². The molecule has 0 aliphatic heterocycles. The number of rotatable bonds is 3. The van der Waals surface area contributed by atoms with Crippen LogP contribution in [0.25, 0.3) is 0 Å². The van der Waals surface area contributed by atoms with Crippen molar-refractivity contribution in [2.75, 3.05) is 0 Å². The molecule has 0 N–H and O–H groups in total. The quantitative estimate of drug-likeness (QED) is 0.482. The highest BCUT2D eigenvalue weighted by Crippen LogP contribution is 2.36. The van der Waals surface area contributed by atoms with E-state index >= 15 is 0 Å². The Kier molecular flexibility index (Phi) is 3.71. The minimum Gasteiger partial charge on any atom is -0.303 e. The Morgan fingerprint density at radius 2 is 2.23 bits per heavy atom. The molecule has 0 radical (unpaired) electrons. The molecule has 13 heavy (non-hydrogen) atoms. The van der Waals surface area contributed by atoms with E-state index in [9.17, 15) is 4.79 Å². The van der Waals surface area contributed by atoms with Crippen LogP contribution in [0, 0.1) is 23.7 Å². The first kappa shape index (κ1) is 10.5. The highest BCUT2D eigenvalue weighted by atomic mass is 16.1. The SMILES string of the molecule is CC(C)C1CC=CC(C)C1CC=O. The van der Waals surface area contributed by atoms with Crippen molar-refractivity contribution < 1.29 is 4.79 Å². The fraction of sp³-hybridized carbons (Fsp3) is 0.750. The number of hydrogen-bond donors (Lipinski definition) is 0. The summed E-state index contributed by atoms with van der Waals surface area (Å²) in [5.41, 5.74) is 0. The molecule has 0 saturated carbocycles. The van der Waals surface area contributed by atoms with Crippen molar-refractivity contribution in [3.05, 3.63) is 12.2 Å². The van der Waals surface area contributed by atoms with Crippen molar-refractivity contribution in [3.63, 3.8) is 0 Å². The van der Waals surface area contributed by atoms with Crippen LogP contribution in [0.1, 0.15) is 33.6 Å². The van der Waals surface area contributed by atoms with Gasteiger partial charge in [-0.25, -0.2) is 0 Å². The van der Waals surface area contributed by atoms with Crippen molar-refractivity contribution in [1.29, 1.82) is 0 Å². The number of carbonyl (C=O) groups is 1. The molecule has 0 bridgehead atoms. The largest absolute Gasteiger partial charge is 0.303 e. The molecule has 1 nitrogen and oxygen atoms in total. The van der Waals surface area contributed by atoms with Crippen LogP contribution in [0.4, 0.5) is 0 Å². The van der Waals surface area contributed by atoms with Crippen molar-refractivity contribution in [2.45, 2.75) is 33.6 Å². The zero-order valence-electron chi connectivity index (χ0n) is 8.86. The van der Waals surface area contributed by atoms with E-state index < -0.39 is 0 Å². The van der Waals surface area contributed by atoms with E-state index in [1.807, 2.05) is 0 Å². The van der Waals surface area contributed by atoms with Crippen LogP contribution in [0.3, 0.4) is 0 Å². The molecule has 0 spiro atoms. The lowest BCUT2D eigenvalue weighted by atomic mass is 9.70. The molecule has 3 atom stereocenters. The van der Waals surface area contributed by atoms with Crippen LogP contribution >= 0.6 is 0 Å². The second-order valence-corrected chi connectivity index (χ2v) is 4.50. The number of aldehydes is 1. The molecule has 0 amide bonds. The van der Waals surface area contributed by atoms with Gasteiger partial charge in [0, 0.05) is 6.42 Å². The van der Waals surface area contributed by atoms with Gasteiger partial charge in [-0.05, 0) is 30.1 Å². The minimum absolute atomic E-state index is 0.572. The van der Waals surface area contributed by atoms with Gasteiger partial charge in [-0.3, -0.25) is 0 Å². The van der Waals surface area contributed by atoms with E-state index in [2.05, 4.69) is 32.9 Å². The first-order valence-corrected chi connectivity index (χ1v) is 5.27. The molecule has 1 heteroatoms. The third-order valence-electron chi connectivity index (χ3n) is 3.30. The zero-order chi connectivity index (χ0) is 9.84. The van der Waals surface area contributed by atoms with Crippen molar-refractivity contribution in [2.24, 2.45) is 23.7 Å². The van der Waals surface area contributed by atoms with E-state index in [0.717, 1.165) is 19.1 Å². The third-order valence-corrected chi connectivity index (χ3v) is 3.30. The van der Waals surface area contributed by atoms with Gasteiger partial charge in [-0.2, -0.15) is 0 Å². The molecular formula is C12H20O. The number of allylic oxidation sites excluding steroid dienone is 2. The summed E-state index contributed by atoms with van der Waals surface area (Å²) in [5, 5.41) is 0. The van der Waals surface area contributed by atoms with Crippen molar-refractivity contribution in [3.8, 4) is 0 Å². The number of carbonyl (C=O) groups excluding carboxylic acids is 1. The Hall–Kier alpha value is -0.590. The predicted octanol–water partition coefficient (Wildman–Crippen LogP) is 3.06. The molecule has 0 fully saturated rings.